The van der Waals surface area contributed by atoms with Crippen LogP contribution in [0.15, 0.2) is 67.0 Å². The van der Waals surface area contributed by atoms with Crippen LogP contribution in [0.3, 0.4) is 0 Å². The van der Waals surface area contributed by atoms with Crippen molar-refractivity contribution in [3.63, 3.8) is 0 Å². The lowest BCUT2D eigenvalue weighted by Crippen LogP contribution is -2.30. The van der Waals surface area contributed by atoms with Gasteiger partial charge in [-0.2, -0.15) is 0 Å². The summed E-state index contributed by atoms with van der Waals surface area (Å²) >= 11 is 0. The van der Waals surface area contributed by atoms with E-state index in [4.69, 9.17) is 0 Å². The van der Waals surface area contributed by atoms with Gasteiger partial charge in [0.2, 0.25) is 0 Å². The molecule has 9 nitrogen and oxygen atoms in total. The van der Waals surface area contributed by atoms with E-state index in [0.29, 0.717) is 16.9 Å². The minimum Gasteiger partial charge on any atom is -0.506 e. The number of aliphatic hydroxyl groups is 1. The highest BCUT2D eigenvalue weighted by Crippen LogP contribution is 2.37. The number of para-hydroxylation sites is 2. The number of aromatic hydroxyl groups is 2. The fourth-order valence-corrected chi connectivity index (χ4v) is 4.57. The Kier molecular flexibility index (Phi) is 5.57. The van der Waals surface area contributed by atoms with Crippen molar-refractivity contribution >= 4 is 0 Å². The predicted molar refractivity (Wildman–Crippen MR) is 134 cm³/mol. The Bertz CT molecular complexity index is 1440. The van der Waals surface area contributed by atoms with Crippen LogP contribution in [0, 0.1) is 27.7 Å². The van der Waals surface area contributed by atoms with Crippen molar-refractivity contribution in [3.8, 4) is 22.9 Å². The number of aromatic nitrogens is 6. The van der Waals surface area contributed by atoms with Gasteiger partial charge in [0.25, 0.3) is 0 Å². The second kappa shape index (κ2) is 8.62. The summed E-state index contributed by atoms with van der Waals surface area (Å²) in [7, 11) is 0. The van der Waals surface area contributed by atoms with Gasteiger partial charge in [-0.15, -0.1) is 10.2 Å². The molecule has 5 rings (SSSR count). The SMILES string of the molecule is Cc1cc(C)cc(C(O)(c2cn(-c3c(C)cccc3O)nn2)c2cn(-c3c(C)cccc3O)nn2)c1. The number of hydrogen-bond acceptors (Lipinski definition) is 7. The lowest BCUT2D eigenvalue weighted by molar-refractivity contribution is 0.115. The van der Waals surface area contributed by atoms with Gasteiger partial charge in [-0.25, -0.2) is 9.36 Å². The first kappa shape index (κ1) is 23.3. The highest BCUT2D eigenvalue weighted by atomic mass is 16.3. The summed E-state index contributed by atoms with van der Waals surface area (Å²) in [4.78, 5) is 0. The first-order valence-electron chi connectivity index (χ1n) is 11.4. The van der Waals surface area contributed by atoms with Crippen molar-refractivity contribution in [1.29, 1.82) is 0 Å². The summed E-state index contributed by atoms with van der Waals surface area (Å²) in [6.45, 7) is 7.60. The van der Waals surface area contributed by atoms with Gasteiger partial charge in [-0.3, -0.25) is 0 Å². The van der Waals surface area contributed by atoms with E-state index in [1.807, 2.05) is 58.0 Å². The Morgan fingerprint density at radius 1 is 0.667 bits per heavy atom. The highest BCUT2D eigenvalue weighted by Gasteiger charge is 2.40. The molecule has 3 N–H and O–H groups in total. The average molecular weight is 483 g/mol. The molecule has 2 aromatic heterocycles. The molecular weight excluding hydrogens is 456 g/mol. The summed E-state index contributed by atoms with van der Waals surface area (Å²) < 4.78 is 2.87. The molecule has 0 unspecified atom stereocenters. The quantitative estimate of drug-likeness (QED) is 0.348. The second-order valence-corrected chi connectivity index (χ2v) is 9.07. The molecule has 0 bridgehead atoms. The zero-order valence-corrected chi connectivity index (χ0v) is 20.4. The molecule has 2 heterocycles. The molecule has 3 aromatic carbocycles. The number of aryl methyl sites for hydroxylation is 4. The molecule has 0 radical (unpaired) electrons. The Hall–Kier alpha value is -4.50. The average Bonchev–Trinajstić information content (AvgIpc) is 3.49. The predicted octanol–water partition coefficient (Wildman–Crippen LogP) is 3.78. The maximum absolute atomic E-state index is 12.3. The maximum Gasteiger partial charge on any atom is 0.181 e. The largest absolute Gasteiger partial charge is 0.506 e. The van der Waals surface area contributed by atoms with Crippen LogP contribution in [0.4, 0.5) is 0 Å². The van der Waals surface area contributed by atoms with E-state index in [0.717, 1.165) is 22.3 Å². The topological polar surface area (TPSA) is 122 Å². The molecule has 36 heavy (non-hydrogen) atoms. The molecule has 9 heteroatoms. The van der Waals surface area contributed by atoms with E-state index in [2.05, 4.69) is 20.6 Å². The van der Waals surface area contributed by atoms with Crippen LogP contribution in [0.2, 0.25) is 0 Å². The fraction of sp³-hybridized carbons (Fsp3) is 0.185. The highest BCUT2D eigenvalue weighted by molar-refractivity contribution is 5.53. The number of phenolic OH excluding ortho intramolecular Hbond substituents is 2. The van der Waals surface area contributed by atoms with Crippen LogP contribution >= 0.6 is 0 Å². The summed E-state index contributed by atoms with van der Waals surface area (Å²) in [5.41, 5.74) is 3.57. The van der Waals surface area contributed by atoms with Crippen LogP contribution in [-0.2, 0) is 5.60 Å². The molecule has 5 aromatic rings. The van der Waals surface area contributed by atoms with E-state index in [1.54, 1.807) is 36.7 Å². The van der Waals surface area contributed by atoms with Gasteiger partial charge in [-0.05, 0) is 56.5 Å². The molecule has 0 saturated heterocycles. The molecule has 0 spiro atoms. The number of rotatable bonds is 5. The Morgan fingerprint density at radius 2 is 1.11 bits per heavy atom. The molecule has 182 valence electrons. The van der Waals surface area contributed by atoms with Gasteiger partial charge >= 0.3 is 0 Å². The Morgan fingerprint density at radius 3 is 1.53 bits per heavy atom. The molecule has 0 aliphatic carbocycles. The molecule has 0 atom stereocenters. The van der Waals surface area contributed by atoms with Gasteiger partial charge in [0.15, 0.2) is 5.60 Å². The van der Waals surface area contributed by atoms with Crippen molar-refractivity contribution in [2.75, 3.05) is 0 Å². The maximum atomic E-state index is 12.3. The third-order valence-electron chi connectivity index (χ3n) is 6.26. The summed E-state index contributed by atoms with van der Waals surface area (Å²) in [5.74, 6) is 0.0877. The number of nitrogens with zero attached hydrogens (tertiary/aromatic N) is 6. The summed E-state index contributed by atoms with van der Waals surface area (Å²) in [6.07, 6.45) is 3.15. The van der Waals surface area contributed by atoms with Crippen molar-refractivity contribution in [3.05, 3.63) is 106 Å². The summed E-state index contributed by atoms with van der Waals surface area (Å²) in [5, 5.41) is 50.2. The zero-order chi connectivity index (χ0) is 25.6. The Labute approximate surface area is 207 Å². The van der Waals surface area contributed by atoms with Crippen LogP contribution in [0.25, 0.3) is 11.4 Å². The van der Waals surface area contributed by atoms with Crippen LogP contribution in [0.1, 0.15) is 39.2 Å². The third kappa shape index (κ3) is 3.79. The minimum atomic E-state index is -1.82. The number of benzene rings is 3. The van der Waals surface area contributed by atoms with Crippen LogP contribution in [-0.4, -0.2) is 45.3 Å². The van der Waals surface area contributed by atoms with E-state index < -0.39 is 5.60 Å². The van der Waals surface area contributed by atoms with Crippen LogP contribution in [0.5, 0.6) is 11.5 Å². The monoisotopic (exact) mass is 482 g/mol. The van der Waals surface area contributed by atoms with Crippen molar-refractivity contribution in [1.82, 2.24) is 30.0 Å². The van der Waals surface area contributed by atoms with E-state index >= 15 is 0 Å². The molecule has 0 saturated carbocycles. The van der Waals surface area contributed by atoms with Gasteiger partial charge in [-0.1, -0.05) is 64.0 Å². The number of hydrogen-bond donors (Lipinski definition) is 3. The number of phenols is 2. The third-order valence-corrected chi connectivity index (χ3v) is 6.26. The van der Waals surface area contributed by atoms with Gasteiger partial charge in [0.1, 0.15) is 34.3 Å². The van der Waals surface area contributed by atoms with Crippen molar-refractivity contribution in [2.24, 2.45) is 0 Å². The van der Waals surface area contributed by atoms with E-state index in [-0.39, 0.29) is 22.9 Å². The van der Waals surface area contributed by atoms with E-state index in [1.165, 1.54) is 9.36 Å². The van der Waals surface area contributed by atoms with Gasteiger partial charge in [0, 0.05) is 0 Å². The van der Waals surface area contributed by atoms with E-state index in [9.17, 15) is 15.3 Å². The van der Waals surface area contributed by atoms with Gasteiger partial charge in [0.05, 0.1) is 12.4 Å². The standard InChI is InChI=1S/C27H26N6O3/c1-16-11-17(2)13-20(12-16)27(36,23-14-32(30-28-23)25-18(3)7-5-9-21(25)34)24-15-33(31-29-24)26-19(4)8-6-10-22(26)35/h5-15,34-36H,1-4H3. The van der Waals surface area contributed by atoms with Crippen molar-refractivity contribution in [2.45, 2.75) is 33.3 Å². The fourth-order valence-electron chi connectivity index (χ4n) is 4.57. The first-order chi connectivity index (χ1) is 17.2. The molecule has 0 aliphatic heterocycles. The summed E-state index contributed by atoms with van der Waals surface area (Å²) in [6, 6.07) is 16.1. The zero-order valence-electron chi connectivity index (χ0n) is 20.4. The second-order valence-electron chi connectivity index (χ2n) is 9.07. The molecule has 0 fully saturated rings. The lowest BCUT2D eigenvalue weighted by atomic mass is 9.86. The minimum absolute atomic E-state index is 0.0439. The van der Waals surface area contributed by atoms with Crippen LogP contribution < -0.4 is 0 Å². The molecular formula is C27H26N6O3. The smallest absolute Gasteiger partial charge is 0.181 e. The van der Waals surface area contributed by atoms with Gasteiger partial charge < -0.3 is 15.3 Å². The molecule has 0 amide bonds. The Balaban J connectivity index is 1.71. The lowest BCUT2D eigenvalue weighted by Gasteiger charge is -2.25. The van der Waals surface area contributed by atoms with Crippen molar-refractivity contribution < 1.29 is 15.3 Å². The first-order valence-corrected chi connectivity index (χ1v) is 11.4. The molecule has 0 aliphatic rings. The normalized spacial score (nSPS) is 11.7.